The van der Waals surface area contributed by atoms with Crippen LogP contribution in [0.5, 0.6) is 11.5 Å². The Morgan fingerprint density at radius 3 is 2.96 bits per heavy atom. The molecule has 1 aromatic rings. The predicted molar refractivity (Wildman–Crippen MR) is 90.1 cm³/mol. The zero-order valence-electron chi connectivity index (χ0n) is 31.4. The lowest BCUT2D eigenvalue weighted by Crippen LogP contribution is -2.46. The monoisotopic (exact) mass is 336 g/mol. The number of methoxy groups -OCH3 is 2. The van der Waals surface area contributed by atoms with Gasteiger partial charge in [0, 0.05) is 53.3 Å². The topological polar surface area (TPSA) is 38.8 Å². The Morgan fingerprint density at radius 2 is 2.26 bits per heavy atom. The van der Waals surface area contributed by atoms with Crippen LogP contribution in [-0.2, 0) is 11.2 Å². The minimum Gasteiger partial charge on any atom is -0.493 e. The van der Waals surface area contributed by atoms with Crippen molar-refractivity contribution in [3.8, 4) is 11.5 Å². The number of fused-ring (bicyclic) bond motifs is 3. The predicted octanol–water partition coefficient (Wildman–Crippen LogP) is 3.24. The van der Waals surface area contributed by atoms with Crippen molar-refractivity contribution < 1.29 is 40.3 Å². The molecule has 126 valence electrons. The van der Waals surface area contributed by atoms with Crippen LogP contribution in [0.3, 0.4) is 0 Å². The molecular formula is C19H27NO3. The molecular weight excluding hydrogens is 290 g/mol. The van der Waals surface area contributed by atoms with Gasteiger partial charge in [0.15, 0.2) is 11.5 Å². The van der Waals surface area contributed by atoms with Gasteiger partial charge in [-0.15, -0.1) is 0 Å². The van der Waals surface area contributed by atoms with Gasteiger partial charge in [0.1, 0.15) is 5.78 Å². The molecule has 4 nitrogen and oxygen atoms in total. The average Bonchev–Trinajstić information content (AvgIpc) is 2.82. The summed E-state index contributed by atoms with van der Waals surface area (Å²) in [5, 5.41) is 0. The summed E-state index contributed by atoms with van der Waals surface area (Å²) in [6.07, 6.45) is -11.8. The third kappa shape index (κ3) is 3.09. The normalized spacial score (nSPS) is 51.6. The van der Waals surface area contributed by atoms with Crippen LogP contribution in [0.15, 0.2) is 12.1 Å². The third-order valence-corrected chi connectivity index (χ3v) is 3.26. The first-order chi connectivity index (χ1) is 18.5. The second kappa shape index (κ2) is 6.52. The summed E-state index contributed by atoms with van der Waals surface area (Å²) in [6.45, 7) is -13.7. The minimum atomic E-state index is -4.33. The van der Waals surface area contributed by atoms with E-state index in [-0.39, 0.29) is 4.90 Å². The van der Waals surface area contributed by atoms with Crippen LogP contribution >= 0.6 is 0 Å². The molecule has 3 rings (SSSR count). The van der Waals surface area contributed by atoms with Crippen LogP contribution in [0, 0.1) is 11.8 Å². The smallest absolute Gasteiger partial charge is 0.161 e. The molecule has 0 amide bonds. The number of benzene rings is 1. The molecule has 1 saturated heterocycles. The largest absolute Gasteiger partial charge is 0.493 e. The van der Waals surface area contributed by atoms with Gasteiger partial charge < -0.3 is 9.47 Å². The first kappa shape index (κ1) is 4.98. The number of carbonyl (C=O) groups excluding carboxylic acids is 1. The molecule has 2 heterocycles. The van der Waals surface area contributed by atoms with Gasteiger partial charge in [0.2, 0.25) is 0 Å². The summed E-state index contributed by atoms with van der Waals surface area (Å²) in [5.41, 5.74) is -2.16. The van der Waals surface area contributed by atoms with Crippen molar-refractivity contribution >= 4 is 5.78 Å². The van der Waals surface area contributed by atoms with E-state index in [2.05, 4.69) is 0 Å². The maximum Gasteiger partial charge on any atom is 0.161 e. The zero-order valence-corrected chi connectivity index (χ0v) is 12.4. The number of nitrogens with zero attached hydrogens (tertiary/aromatic N) is 1. The second-order valence-electron chi connectivity index (χ2n) is 4.67. The van der Waals surface area contributed by atoms with Crippen molar-refractivity contribution in [3.63, 3.8) is 0 Å². The van der Waals surface area contributed by atoms with Crippen LogP contribution in [0.2, 0.25) is 0 Å². The summed E-state index contributed by atoms with van der Waals surface area (Å²) >= 11 is 0. The lowest BCUT2D eigenvalue weighted by molar-refractivity contribution is -0.129. The van der Waals surface area contributed by atoms with E-state index in [1.54, 1.807) is 0 Å². The van der Waals surface area contributed by atoms with Crippen molar-refractivity contribution in [2.75, 3.05) is 27.3 Å². The molecule has 2 aliphatic heterocycles. The van der Waals surface area contributed by atoms with E-state index in [4.69, 9.17) is 34.1 Å². The van der Waals surface area contributed by atoms with Crippen molar-refractivity contribution in [2.24, 2.45) is 11.8 Å². The highest BCUT2D eigenvalue weighted by Crippen LogP contribution is 2.42. The van der Waals surface area contributed by atoms with Crippen molar-refractivity contribution in [1.29, 1.82) is 0 Å². The Hall–Kier alpha value is -1.55. The van der Waals surface area contributed by atoms with Gasteiger partial charge in [-0.3, -0.25) is 9.69 Å². The van der Waals surface area contributed by atoms with E-state index in [1.165, 1.54) is 0 Å². The lowest BCUT2D eigenvalue weighted by Gasteiger charge is -2.43. The van der Waals surface area contributed by atoms with Crippen LogP contribution in [0.1, 0.15) is 69.6 Å². The van der Waals surface area contributed by atoms with E-state index in [0.717, 1.165) is 14.2 Å². The molecule has 2 aliphatic rings. The number of Topliss-reactive ketones (excluding diaryl/α,β-unsaturated/α-hetero) is 1. The molecule has 0 N–H and O–H groups in total. The molecule has 0 saturated carbocycles. The molecule has 2 atom stereocenters. The van der Waals surface area contributed by atoms with Gasteiger partial charge in [-0.2, -0.15) is 0 Å². The Labute approximate surface area is 165 Å². The SMILES string of the molecule is [2H]c1c(OC)c(OC)c([2H])c2c1C([2H])([2H])C([2H])([2H])N1CC([2H])(C([2H])([2H])C([2H])(C([2H])([2H])[2H])C([2H])([2H])[2H])C(=O)C([2H])([2H])C21[2H]. The second-order valence-corrected chi connectivity index (χ2v) is 4.67. The van der Waals surface area contributed by atoms with E-state index in [0.29, 0.717) is 0 Å². The van der Waals surface area contributed by atoms with Crippen LogP contribution < -0.4 is 9.47 Å². The average molecular weight is 337 g/mol. The summed E-state index contributed by atoms with van der Waals surface area (Å²) in [4.78, 5) is 13.8. The number of ether oxygens (including phenoxy) is 2. The zero-order chi connectivity index (χ0) is 33.2. The molecule has 23 heavy (non-hydrogen) atoms. The van der Waals surface area contributed by atoms with Gasteiger partial charge in [-0.1, -0.05) is 13.7 Å². The van der Waals surface area contributed by atoms with Crippen LogP contribution in [0.25, 0.3) is 0 Å². The van der Waals surface area contributed by atoms with Crippen molar-refractivity contribution in [2.45, 2.75) is 38.8 Å². The van der Waals surface area contributed by atoms with Gasteiger partial charge in [-0.25, -0.2) is 0 Å². The minimum absolute atomic E-state index is 0.0998. The highest BCUT2D eigenvalue weighted by Gasteiger charge is 2.38. The third-order valence-electron chi connectivity index (χ3n) is 3.26. The number of hydrogen-bond acceptors (Lipinski definition) is 4. The highest BCUT2D eigenvalue weighted by molar-refractivity contribution is 5.83. The van der Waals surface area contributed by atoms with Crippen LogP contribution in [0.4, 0.5) is 0 Å². The fourth-order valence-electron chi connectivity index (χ4n) is 2.25. The summed E-state index contributed by atoms with van der Waals surface area (Å²) in [5.74, 6) is -11.7. The molecule has 0 bridgehead atoms. The molecule has 4 heteroatoms. The van der Waals surface area contributed by atoms with Gasteiger partial charge >= 0.3 is 0 Å². The van der Waals surface area contributed by atoms with Gasteiger partial charge in [0.05, 0.1) is 18.3 Å². The Kier molecular flexibility index (Phi) is 1.41. The quantitative estimate of drug-likeness (QED) is 0.846. The first-order valence-electron chi connectivity index (χ1n) is 16.0. The highest BCUT2D eigenvalue weighted by atomic mass is 16.5. The molecule has 1 aromatic carbocycles. The number of rotatable bonds is 4. The first-order valence-corrected chi connectivity index (χ1v) is 6.55. The summed E-state index contributed by atoms with van der Waals surface area (Å²) in [7, 11) is 2.01. The number of ketones is 1. The number of piperidine rings is 1. The maximum absolute atomic E-state index is 13.9. The van der Waals surface area contributed by atoms with Gasteiger partial charge in [-0.05, 0) is 41.9 Å². The molecule has 0 radical (unpaired) electrons. The number of carbonyl (C=O) groups is 1. The standard InChI is InChI=1S/C19H27NO3/c1-12(2)7-14-11-20-6-5-13-8-18(22-3)19(23-4)9-15(13)16(20)10-17(14)21/h8-9,12,14,16H,5-7,10-11H2,1-4H3/i1D3,2D3,5D2,6D2,7D2,8D,9D,10D2,12D,14D,16D. The fraction of sp³-hybridized carbons (Fsp3) is 0.632. The number of hydrogen-bond donors (Lipinski definition) is 0. The van der Waals surface area contributed by atoms with E-state index in [9.17, 15) is 6.17 Å². The van der Waals surface area contributed by atoms with Gasteiger partial charge in [0.25, 0.3) is 0 Å². The Balaban J connectivity index is 2.55. The summed E-state index contributed by atoms with van der Waals surface area (Å²) < 4.78 is 169. The molecule has 0 aliphatic carbocycles. The molecule has 1 fully saturated rings. The van der Waals surface area contributed by atoms with Crippen LogP contribution in [-0.4, -0.2) is 37.9 Å². The fourth-order valence-corrected chi connectivity index (χ4v) is 2.25. The molecule has 2 unspecified atom stereocenters. The maximum atomic E-state index is 13.9. The Bertz CT molecular complexity index is 1310. The molecule has 0 aromatic heterocycles. The van der Waals surface area contributed by atoms with E-state index < -0.39 is 104 Å². The summed E-state index contributed by atoms with van der Waals surface area (Å²) in [6, 6.07) is -5.50. The van der Waals surface area contributed by atoms with Crippen molar-refractivity contribution in [1.82, 2.24) is 4.90 Å². The molecule has 0 spiro atoms. The van der Waals surface area contributed by atoms with Crippen molar-refractivity contribution in [3.05, 3.63) is 23.2 Å². The lowest BCUT2D eigenvalue weighted by atomic mass is 9.80. The van der Waals surface area contributed by atoms with E-state index >= 15 is 0 Å². The Morgan fingerprint density at radius 1 is 1.52 bits per heavy atom. The van der Waals surface area contributed by atoms with E-state index in [1.807, 2.05) is 0 Å².